The minimum absolute atomic E-state index is 0.114. The van der Waals surface area contributed by atoms with Crippen molar-refractivity contribution < 1.29 is 9.53 Å². The molecule has 1 aromatic rings. The number of carbonyl (C=O) groups excluding carboxylic acids is 1. The van der Waals surface area contributed by atoms with Crippen LogP contribution in [0.15, 0.2) is 30.3 Å². The monoisotopic (exact) mass is 216 g/mol. The summed E-state index contributed by atoms with van der Waals surface area (Å²) in [6.45, 7) is 4.53. The fourth-order valence-corrected chi connectivity index (χ4v) is 1.82. The molecule has 2 rings (SSSR count). The Morgan fingerprint density at radius 2 is 2.12 bits per heavy atom. The zero-order valence-electron chi connectivity index (χ0n) is 9.69. The van der Waals surface area contributed by atoms with Gasteiger partial charge in [-0.2, -0.15) is 0 Å². The molecular formula is C14H16O2. The van der Waals surface area contributed by atoms with E-state index in [1.54, 1.807) is 0 Å². The molecule has 0 spiro atoms. The molecule has 1 aliphatic heterocycles. The summed E-state index contributed by atoms with van der Waals surface area (Å²) in [5.74, 6) is -0.114. The minimum Gasteiger partial charge on any atom is -0.465 e. The number of hydrogen-bond donors (Lipinski definition) is 0. The molecule has 0 N–H and O–H groups in total. The third-order valence-electron chi connectivity index (χ3n) is 3.14. The van der Waals surface area contributed by atoms with E-state index in [0.29, 0.717) is 6.61 Å². The second-order valence-corrected chi connectivity index (χ2v) is 4.49. The van der Waals surface area contributed by atoms with Crippen molar-refractivity contribution >= 4 is 12.0 Å². The summed E-state index contributed by atoms with van der Waals surface area (Å²) < 4.78 is 5.00. The first-order valence-corrected chi connectivity index (χ1v) is 5.54. The molecule has 0 saturated carbocycles. The van der Waals surface area contributed by atoms with Gasteiger partial charge in [-0.1, -0.05) is 36.4 Å². The number of hydrogen-bond acceptors (Lipinski definition) is 2. The zero-order valence-corrected chi connectivity index (χ0v) is 9.69. The van der Waals surface area contributed by atoms with Crippen LogP contribution in [-0.2, 0) is 9.53 Å². The highest BCUT2D eigenvalue weighted by Gasteiger charge is 2.37. The highest BCUT2D eigenvalue weighted by molar-refractivity contribution is 5.81. The van der Waals surface area contributed by atoms with E-state index in [0.717, 1.165) is 12.0 Å². The molecule has 1 aromatic carbocycles. The molecule has 1 atom stereocenters. The standard InChI is InChI=1S/C14H16O2/c1-11-5-3-4-6-12(11)7-8-14(2)9-10-16-13(14)15/h3-8H,9-10H2,1-2H3/b8-7+/t14-/m0/s1. The van der Waals surface area contributed by atoms with Crippen molar-refractivity contribution in [2.75, 3.05) is 6.61 Å². The van der Waals surface area contributed by atoms with Crippen molar-refractivity contribution in [1.29, 1.82) is 0 Å². The predicted molar refractivity (Wildman–Crippen MR) is 63.9 cm³/mol. The molecule has 0 aliphatic carbocycles. The van der Waals surface area contributed by atoms with Crippen molar-refractivity contribution in [3.05, 3.63) is 41.5 Å². The molecule has 0 aromatic heterocycles. The van der Waals surface area contributed by atoms with Gasteiger partial charge in [-0.15, -0.1) is 0 Å². The molecule has 1 saturated heterocycles. The van der Waals surface area contributed by atoms with Gasteiger partial charge in [0.15, 0.2) is 0 Å². The molecule has 84 valence electrons. The quantitative estimate of drug-likeness (QED) is 0.710. The first kappa shape index (κ1) is 10.9. The van der Waals surface area contributed by atoms with Gasteiger partial charge in [-0.25, -0.2) is 0 Å². The van der Waals surface area contributed by atoms with Crippen LogP contribution in [0.4, 0.5) is 0 Å². The number of ether oxygens (including phenoxy) is 1. The van der Waals surface area contributed by atoms with E-state index in [2.05, 4.69) is 19.1 Å². The third-order valence-corrected chi connectivity index (χ3v) is 3.14. The Bertz CT molecular complexity index is 434. The fourth-order valence-electron chi connectivity index (χ4n) is 1.82. The van der Waals surface area contributed by atoms with Crippen molar-refractivity contribution in [2.45, 2.75) is 20.3 Å². The maximum atomic E-state index is 11.5. The van der Waals surface area contributed by atoms with Crippen molar-refractivity contribution in [3.8, 4) is 0 Å². The molecule has 0 radical (unpaired) electrons. The summed E-state index contributed by atoms with van der Waals surface area (Å²) in [6.07, 6.45) is 4.75. The predicted octanol–water partition coefficient (Wildman–Crippen LogP) is 2.96. The Morgan fingerprint density at radius 3 is 2.75 bits per heavy atom. The molecule has 0 amide bonds. The number of aryl methyl sites for hydroxylation is 1. The minimum atomic E-state index is -0.442. The molecule has 1 heterocycles. The van der Waals surface area contributed by atoms with Crippen LogP contribution in [0.25, 0.3) is 6.08 Å². The van der Waals surface area contributed by atoms with Crippen LogP contribution < -0.4 is 0 Å². The lowest BCUT2D eigenvalue weighted by Crippen LogP contribution is -2.18. The first-order chi connectivity index (χ1) is 7.62. The van der Waals surface area contributed by atoms with E-state index in [4.69, 9.17) is 4.74 Å². The van der Waals surface area contributed by atoms with E-state index in [-0.39, 0.29) is 5.97 Å². The summed E-state index contributed by atoms with van der Waals surface area (Å²) in [6, 6.07) is 8.13. The lowest BCUT2D eigenvalue weighted by atomic mass is 9.88. The van der Waals surface area contributed by atoms with E-state index in [1.807, 2.05) is 31.2 Å². The molecule has 2 nitrogen and oxygen atoms in total. The van der Waals surface area contributed by atoms with Crippen LogP contribution in [0, 0.1) is 12.3 Å². The van der Waals surface area contributed by atoms with Gasteiger partial charge in [0.2, 0.25) is 0 Å². The fraction of sp³-hybridized carbons (Fsp3) is 0.357. The smallest absolute Gasteiger partial charge is 0.315 e. The summed E-state index contributed by atoms with van der Waals surface area (Å²) in [7, 11) is 0. The Morgan fingerprint density at radius 1 is 1.38 bits per heavy atom. The maximum Gasteiger partial charge on any atom is 0.315 e. The third kappa shape index (κ3) is 2.01. The van der Waals surface area contributed by atoms with Crippen LogP contribution in [0.5, 0.6) is 0 Å². The van der Waals surface area contributed by atoms with Crippen LogP contribution in [0.3, 0.4) is 0 Å². The maximum absolute atomic E-state index is 11.5. The van der Waals surface area contributed by atoms with E-state index >= 15 is 0 Å². The van der Waals surface area contributed by atoms with Gasteiger partial charge in [0.05, 0.1) is 12.0 Å². The highest BCUT2D eigenvalue weighted by atomic mass is 16.5. The average Bonchev–Trinajstić information content (AvgIpc) is 2.59. The molecule has 16 heavy (non-hydrogen) atoms. The zero-order chi connectivity index (χ0) is 11.6. The molecule has 0 bridgehead atoms. The Labute approximate surface area is 95.9 Å². The van der Waals surface area contributed by atoms with Gasteiger partial charge >= 0.3 is 5.97 Å². The van der Waals surface area contributed by atoms with E-state index in [1.165, 1.54) is 5.56 Å². The molecule has 1 aliphatic rings. The van der Waals surface area contributed by atoms with E-state index in [9.17, 15) is 4.79 Å². The van der Waals surface area contributed by atoms with Gasteiger partial charge in [0.25, 0.3) is 0 Å². The summed E-state index contributed by atoms with van der Waals surface area (Å²) in [4.78, 5) is 11.5. The molecule has 0 unspecified atom stereocenters. The molecule has 2 heteroatoms. The van der Waals surface area contributed by atoms with Gasteiger partial charge in [-0.05, 0) is 25.0 Å². The second-order valence-electron chi connectivity index (χ2n) is 4.49. The lowest BCUT2D eigenvalue weighted by Gasteiger charge is -2.12. The van der Waals surface area contributed by atoms with Gasteiger partial charge in [-0.3, -0.25) is 4.79 Å². The summed E-state index contributed by atoms with van der Waals surface area (Å²) >= 11 is 0. The average molecular weight is 216 g/mol. The SMILES string of the molecule is Cc1ccccc1/C=C/[C@@]1(C)CCOC1=O. The van der Waals surface area contributed by atoms with Crippen LogP contribution >= 0.6 is 0 Å². The Hall–Kier alpha value is -1.57. The van der Waals surface area contributed by atoms with Gasteiger partial charge < -0.3 is 4.74 Å². The second kappa shape index (κ2) is 4.12. The molecular weight excluding hydrogens is 200 g/mol. The summed E-state index contributed by atoms with van der Waals surface area (Å²) in [5.41, 5.74) is 1.93. The number of esters is 1. The van der Waals surface area contributed by atoms with Crippen LogP contribution in [0.1, 0.15) is 24.5 Å². The number of cyclic esters (lactones) is 1. The largest absolute Gasteiger partial charge is 0.465 e. The van der Waals surface area contributed by atoms with Crippen LogP contribution in [0.2, 0.25) is 0 Å². The topological polar surface area (TPSA) is 26.3 Å². The van der Waals surface area contributed by atoms with Crippen molar-refractivity contribution in [3.63, 3.8) is 0 Å². The van der Waals surface area contributed by atoms with Gasteiger partial charge in [0, 0.05) is 6.42 Å². The lowest BCUT2D eigenvalue weighted by molar-refractivity contribution is -0.143. The van der Waals surface area contributed by atoms with Crippen molar-refractivity contribution in [2.24, 2.45) is 5.41 Å². The Balaban J connectivity index is 2.21. The summed E-state index contributed by atoms with van der Waals surface area (Å²) in [5, 5.41) is 0. The molecule has 1 fully saturated rings. The number of benzene rings is 1. The number of rotatable bonds is 2. The highest BCUT2D eigenvalue weighted by Crippen LogP contribution is 2.31. The first-order valence-electron chi connectivity index (χ1n) is 5.54. The number of carbonyl (C=O) groups is 1. The normalized spacial score (nSPS) is 25.0. The van der Waals surface area contributed by atoms with E-state index < -0.39 is 5.41 Å². The van der Waals surface area contributed by atoms with Gasteiger partial charge in [0.1, 0.15) is 0 Å². The van der Waals surface area contributed by atoms with Crippen molar-refractivity contribution in [1.82, 2.24) is 0 Å². The van der Waals surface area contributed by atoms with Crippen LogP contribution in [-0.4, -0.2) is 12.6 Å². The Kier molecular flexibility index (Phi) is 2.82.